The van der Waals surface area contributed by atoms with Gasteiger partial charge >= 0.3 is 24.0 Å². The maximum Gasteiger partial charge on any atom is 0.452 e. The number of cyclic esters (lactones) is 1. The van der Waals surface area contributed by atoms with Gasteiger partial charge in [-0.2, -0.15) is 31.3 Å². The lowest BCUT2D eigenvalue weighted by atomic mass is 9.97. The van der Waals surface area contributed by atoms with Crippen molar-refractivity contribution in [3.05, 3.63) is 30.0 Å². The molecule has 1 N–H and O–H groups in total. The highest BCUT2D eigenvalue weighted by Gasteiger charge is 2.80. The van der Waals surface area contributed by atoms with Gasteiger partial charge in [0.15, 0.2) is 0 Å². The molecule has 1 aliphatic heterocycles. The van der Waals surface area contributed by atoms with Gasteiger partial charge in [-0.1, -0.05) is 5.16 Å². The van der Waals surface area contributed by atoms with E-state index >= 15 is 0 Å². The number of alkyl halides is 6. The number of hydrogen-bond donors (Lipinski definition) is 1. The Labute approximate surface area is 150 Å². The van der Waals surface area contributed by atoms with E-state index in [1.165, 1.54) is 11.4 Å². The van der Waals surface area contributed by atoms with Crippen molar-refractivity contribution in [3.8, 4) is 11.5 Å². The van der Waals surface area contributed by atoms with Gasteiger partial charge in [-0.15, -0.1) is 0 Å². The van der Waals surface area contributed by atoms with Crippen LogP contribution in [-0.2, 0) is 16.0 Å². The van der Waals surface area contributed by atoms with Crippen LogP contribution in [-0.4, -0.2) is 44.7 Å². The summed E-state index contributed by atoms with van der Waals surface area (Å²) in [6.45, 7) is 0.772. The van der Waals surface area contributed by atoms with E-state index in [9.17, 15) is 35.5 Å². The summed E-state index contributed by atoms with van der Waals surface area (Å²) in [6.07, 6.45) is -12.0. The highest BCUT2D eigenvalue weighted by atomic mass is 19.4. The molecule has 7 nitrogen and oxygen atoms in total. The Hall–Kier alpha value is -2.77. The molecule has 0 aromatic carbocycles. The van der Waals surface area contributed by atoms with Crippen molar-refractivity contribution >= 4 is 5.97 Å². The van der Waals surface area contributed by atoms with E-state index in [1.807, 2.05) is 0 Å². The second-order valence-corrected chi connectivity index (χ2v) is 6.07. The van der Waals surface area contributed by atoms with Crippen molar-refractivity contribution in [3.63, 3.8) is 0 Å². The zero-order chi connectivity index (χ0) is 21.0. The number of aromatic nitrogens is 3. The number of carbonyl (C=O) groups excluding carboxylic acids is 1. The molecule has 0 saturated carbocycles. The third-order valence-electron chi connectivity index (χ3n) is 3.88. The van der Waals surface area contributed by atoms with Crippen molar-refractivity contribution in [2.75, 3.05) is 0 Å². The monoisotopic (exact) mass is 414 g/mol. The molecule has 0 aliphatic carbocycles. The van der Waals surface area contributed by atoms with Crippen LogP contribution in [0.25, 0.3) is 11.5 Å². The Bertz CT molecular complexity index is 880. The van der Waals surface area contributed by atoms with E-state index in [0.717, 1.165) is 19.2 Å². The Balaban J connectivity index is 1.88. The quantitative estimate of drug-likeness (QED) is 0.610. The molecule has 28 heavy (non-hydrogen) atoms. The molecule has 2 aromatic rings. The lowest BCUT2D eigenvalue weighted by Gasteiger charge is -2.32. The summed E-state index contributed by atoms with van der Waals surface area (Å²) < 4.78 is 99.8. The van der Waals surface area contributed by atoms with E-state index < -0.39 is 47.7 Å². The van der Waals surface area contributed by atoms with E-state index in [4.69, 9.17) is 4.52 Å². The second kappa shape index (κ2) is 6.12. The third-order valence-corrected chi connectivity index (χ3v) is 3.88. The van der Waals surface area contributed by atoms with Gasteiger partial charge in [0.05, 0.1) is 12.6 Å². The van der Waals surface area contributed by atoms with Crippen molar-refractivity contribution in [1.82, 2.24) is 20.4 Å². The number of pyridine rings is 1. The van der Waals surface area contributed by atoms with Gasteiger partial charge in [-0.05, 0) is 19.1 Å². The number of esters is 1. The summed E-state index contributed by atoms with van der Waals surface area (Å²) in [5.74, 6) is -3.13. The maximum atomic E-state index is 13.1. The molecule has 0 radical (unpaired) electrons. The minimum atomic E-state index is -5.98. The fourth-order valence-electron chi connectivity index (χ4n) is 2.49. The maximum absolute atomic E-state index is 13.1. The highest BCUT2D eigenvalue weighted by molar-refractivity contribution is 5.83. The summed E-state index contributed by atoms with van der Waals surface area (Å²) in [6, 6.07) is 2.20. The molecule has 1 saturated heterocycles. The lowest BCUT2D eigenvalue weighted by Crippen LogP contribution is -2.67. The van der Waals surface area contributed by atoms with Gasteiger partial charge in [0, 0.05) is 0 Å². The van der Waals surface area contributed by atoms with Crippen LogP contribution in [0.2, 0.25) is 0 Å². The molecular weight excluding hydrogens is 405 g/mol. The van der Waals surface area contributed by atoms with Crippen molar-refractivity contribution in [2.45, 2.75) is 37.0 Å². The summed E-state index contributed by atoms with van der Waals surface area (Å²) in [4.78, 5) is 19.3. The van der Waals surface area contributed by atoms with E-state index in [0.29, 0.717) is 0 Å². The van der Waals surface area contributed by atoms with Crippen LogP contribution >= 0.6 is 0 Å². The molecule has 3 heterocycles. The first-order chi connectivity index (χ1) is 12.8. The third kappa shape index (κ3) is 3.16. The number of nitrogens with zero attached hydrogens (tertiary/aromatic N) is 3. The lowest BCUT2D eigenvalue weighted by molar-refractivity contribution is -0.370. The Morgan fingerprint density at radius 1 is 1.14 bits per heavy atom. The molecule has 2 aromatic heterocycles. The number of nitrogens with one attached hydrogen (secondary N) is 1. The number of carbonyl (C=O) groups is 1. The SMILES string of the molecule is CC1(Cc2nc(-c3ccc(F)cn3)no2)NC(C(F)(F)F)(C(F)(F)F)OC1=O. The Morgan fingerprint density at radius 2 is 1.79 bits per heavy atom. The summed E-state index contributed by atoms with van der Waals surface area (Å²) in [7, 11) is 0. The molecule has 152 valence electrons. The smallest absolute Gasteiger partial charge is 0.423 e. The van der Waals surface area contributed by atoms with Crippen molar-refractivity contribution in [1.29, 1.82) is 0 Å². The van der Waals surface area contributed by atoms with Crippen molar-refractivity contribution < 1.29 is 44.8 Å². The average molecular weight is 414 g/mol. The number of halogens is 7. The predicted molar refractivity (Wildman–Crippen MR) is 73.7 cm³/mol. The van der Waals surface area contributed by atoms with Crippen LogP contribution in [0, 0.1) is 5.82 Å². The first-order valence-corrected chi connectivity index (χ1v) is 7.38. The normalized spacial score (nSPS) is 22.4. The molecule has 0 spiro atoms. The molecule has 1 aliphatic rings. The van der Waals surface area contributed by atoms with Gasteiger partial charge in [0.25, 0.3) is 0 Å². The molecule has 1 atom stereocenters. The summed E-state index contributed by atoms with van der Waals surface area (Å²) in [5.41, 5.74) is -7.30. The highest BCUT2D eigenvalue weighted by Crippen LogP contribution is 2.48. The number of rotatable bonds is 3. The Kier molecular flexibility index (Phi) is 4.36. The second-order valence-electron chi connectivity index (χ2n) is 6.07. The van der Waals surface area contributed by atoms with E-state index in [1.54, 1.807) is 0 Å². The predicted octanol–water partition coefficient (Wildman–Crippen LogP) is 2.54. The van der Waals surface area contributed by atoms with Gasteiger partial charge in [-0.25, -0.2) is 19.5 Å². The minimum absolute atomic E-state index is 0.0310. The van der Waals surface area contributed by atoms with Crippen molar-refractivity contribution in [2.24, 2.45) is 0 Å². The fourth-order valence-corrected chi connectivity index (χ4v) is 2.49. The summed E-state index contributed by atoms with van der Waals surface area (Å²) >= 11 is 0. The van der Waals surface area contributed by atoms with Gasteiger partial charge < -0.3 is 9.26 Å². The summed E-state index contributed by atoms with van der Waals surface area (Å²) in [5, 5.41) is 4.65. The van der Waals surface area contributed by atoms with E-state index in [-0.39, 0.29) is 11.5 Å². The van der Waals surface area contributed by atoms with Gasteiger partial charge in [0.1, 0.15) is 17.1 Å². The van der Waals surface area contributed by atoms with Crippen LogP contribution < -0.4 is 5.32 Å². The average Bonchev–Trinajstić information content (AvgIpc) is 3.11. The van der Waals surface area contributed by atoms with Crippen LogP contribution in [0.15, 0.2) is 22.9 Å². The number of ether oxygens (including phenoxy) is 1. The standard InChI is InChI=1S/C14H9F7N4O3/c1-11(10(26)27-12(25-11,13(16,17)18)14(19,20)21)4-8-23-9(24-28-8)7-3-2-6(15)5-22-7/h2-3,5,25H,4H2,1H3. The molecule has 1 unspecified atom stereocenters. The zero-order valence-corrected chi connectivity index (χ0v) is 13.7. The first-order valence-electron chi connectivity index (χ1n) is 7.38. The van der Waals surface area contributed by atoms with Crippen LogP contribution in [0.5, 0.6) is 0 Å². The zero-order valence-electron chi connectivity index (χ0n) is 13.7. The molecule has 3 rings (SSSR count). The Morgan fingerprint density at radius 3 is 2.29 bits per heavy atom. The molecule has 0 bridgehead atoms. The molecule has 1 fully saturated rings. The van der Waals surface area contributed by atoms with E-state index in [2.05, 4.69) is 19.9 Å². The fraction of sp³-hybridized carbons (Fsp3) is 0.429. The van der Waals surface area contributed by atoms with Gasteiger partial charge in [0.2, 0.25) is 11.7 Å². The minimum Gasteiger partial charge on any atom is -0.423 e. The van der Waals surface area contributed by atoms with Crippen LogP contribution in [0.4, 0.5) is 30.7 Å². The topological polar surface area (TPSA) is 90.1 Å². The van der Waals surface area contributed by atoms with Crippen LogP contribution in [0.1, 0.15) is 12.8 Å². The molecule has 14 heteroatoms. The number of hydrogen-bond acceptors (Lipinski definition) is 7. The first kappa shape index (κ1) is 20.0. The largest absolute Gasteiger partial charge is 0.452 e. The molecular formula is C14H9F7N4O3. The van der Waals surface area contributed by atoms with Crippen LogP contribution in [0.3, 0.4) is 0 Å². The molecule has 0 amide bonds. The van der Waals surface area contributed by atoms with Gasteiger partial charge in [-0.3, -0.25) is 0 Å².